The van der Waals surface area contributed by atoms with Crippen LogP contribution in [0.1, 0.15) is 29.6 Å². The average Bonchev–Trinajstić information content (AvgIpc) is 2.64. The van der Waals surface area contributed by atoms with Crippen LogP contribution in [0.2, 0.25) is 0 Å². The van der Waals surface area contributed by atoms with E-state index in [1.807, 2.05) is 19.9 Å². The normalized spacial score (nSPS) is 10.8. The number of rotatable bonds is 3. The quantitative estimate of drug-likeness (QED) is 0.864. The number of hydrogen-bond acceptors (Lipinski definition) is 4. The van der Waals surface area contributed by atoms with E-state index >= 15 is 0 Å². The Labute approximate surface area is 101 Å². The van der Waals surface area contributed by atoms with Crippen LogP contribution in [0.4, 0.5) is 0 Å². The topological polar surface area (TPSA) is 69.6 Å². The van der Waals surface area contributed by atoms with Crippen molar-refractivity contribution in [2.24, 2.45) is 5.73 Å². The summed E-state index contributed by atoms with van der Waals surface area (Å²) in [7, 11) is 0. The molecule has 0 aliphatic carbocycles. The van der Waals surface area contributed by atoms with E-state index in [4.69, 9.17) is 5.73 Å². The lowest BCUT2D eigenvalue weighted by molar-refractivity contribution is 0.760. The molecule has 0 radical (unpaired) electrons. The fraction of sp³-hybridized carbons (Fsp3) is 0.417. The first kappa shape index (κ1) is 11.7. The summed E-state index contributed by atoms with van der Waals surface area (Å²) in [6.07, 6.45) is 2.68. The highest BCUT2D eigenvalue weighted by Crippen LogP contribution is 2.16. The van der Waals surface area contributed by atoms with Gasteiger partial charge in [0, 0.05) is 18.4 Å². The summed E-state index contributed by atoms with van der Waals surface area (Å²) < 4.78 is 1.79. The molecule has 0 amide bonds. The molecule has 0 atom stereocenters. The number of hydrogen-bond donors (Lipinski definition) is 1. The van der Waals surface area contributed by atoms with Gasteiger partial charge in [0.25, 0.3) is 5.95 Å². The van der Waals surface area contributed by atoms with Crippen LogP contribution in [0.25, 0.3) is 5.95 Å². The summed E-state index contributed by atoms with van der Waals surface area (Å²) in [4.78, 5) is 8.62. The summed E-state index contributed by atoms with van der Waals surface area (Å²) in [5.74, 6) is 0.591. The van der Waals surface area contributed by atoms with Gasteiger partial charge in [-0.2, -0.15) is 5.10 Å². The fourth-order valence-electron chi connectivity index (χ4n) is 1.98. The van der Waals surface area contributed by atoms with Crippen LogP contribution in [0.5, 0.6) is 0 Å². The number of nitrogens with two attached hydrogens (primary N) is 1. The molecule has 5 nitrogen and oxygen atoms in total. The molecule has 90 valence electrons. The van der Waals surface area contributed by atoms with Gasteiger partial charge in [-0.15, -0.1) is 0 Å². The van der Waals surface area contributed by atoms with E-state index in [0.717, 1.165) is 23.5 Å². The van der Waals surface area contributed by atoms with Gasteiger partial charge in [0.15, 0.2) is 0 Å². The zero-order valence-corrected chi connectivity index (χ0v) is 10.4. The number of aromatic nitrogens is 4. The minimum absolute atomic E-state index is 0.412. The molecule has 0 aliphatic rings. The van der Waals surface area contributed by atoms with Crippen molar-refractivity contribution in [1.29, 1.82) is 0 Å². The molecule has 0 bridgehead atoms. The summed E-state index contributed by atoms with van der Waals surface area (Å²) >= 11 is 0. The molecule has 2 rings (SSSR count). The molecule has 5 heteroatoms. The van der Waals surface area contributed by atoms with Crippen molar-refractivity contribution in [2.75, 3.05) is 0 Å². The molecule has 2 heterocycles. The third-order valence-electron chi connectivity index (χ3n) is 2.89. The van der Waals surface area contributed by atoms with Gasteiger partial charge in [-0.05, 0) is 31.9 Å². The second kappa shape index (κ2) is 4.63. The van der Waals surface area contributed by atoms with Crippen LogP contribution < -0.4 is 5.73 Å². The minimum Gasteiger partial charge on any atom is -0.325 e. The van der Waals surface area contributed by atoms with Crippen LogP contribution in [0.3, 0.4) is 0 Å². The van der Waals surface area contributed by atoms with Gasteiger partial charge < -0.3 is 5.73 Å². The first-order valence-corrected chi connectivity index (χ1v) is 5.74. The van der Waals surface area contributed by atoms with Gasteiger partial charge in [-0.1, -0.05) is 6.92 Å². The molecule has 2 aromatic rings. The highest BCUT2D eigenvalue weighted by atomic mass is 15.4. The van der Waals surface area contributed by atoms with E-state index in [-0.39, 0.29) is 0 Å². The molecule has 0 spiro atoms. The van der Waals surface area contributed by atoms with E-state index in [0.29, 0.717) is 12.5 Å². The minimum atomic E-state index is 0.412. The van der Waals surface area contributed by atoms with Crippen molar-refractivity contribution in [3.63, 3.8) is 0 Å². The number of aryl methyl sites for hydroxylation is 1. The van der Waals surface area contributed by atoms with E-state index in [1.165, 1.54) is 5.56 Å². The maximum absolute atomic E-state index is 5.58. The second-order valence-corrected chi connectivity index (χ2v) is 3.97. The molecule has 0 saturated heterocycles. The molecule has 0 fully saturated rings. The van der Waals surface area contributed by atoms with Crippen molar-refractivity contribution in [1.82, 2.24) is 19.7 Å². The predicted molar refractivity (Wildman–Crippen MR) is 65.9 cm³/mol. The standard InChI is InChI=1S/C12H17N5/c1-4-11-8(2)16-17(9(11)3)12-14-6-5-10(7-13)15-12/h5-6H,4,7,13H2,1-3H3. The van der Waals surface area contributed by atoms with Gasteiger partial charge in [0.2, 0.25) is 0 Å². The predicted octanol–water partition coefficient (Wildman–Crippen LogP) is 1.30. The van der Waals surface area contributed by atoms with Crippen molar-refractivity contribution in [3.8, 4) is 5.95 Å². The maximum Gasteiger partial charge on any atom is 0.251 e. The lowest BCUT2D eigenvalue weighted by Crippen LogP contribution is -2.08. The van der Waals surface area contributed by atoms with E-state index in [1.54, 1.807) is 10.9 Å². The fourth-order valence-corrected chi connectivity index (χ4v) is 1.98. The summed E-state index contributed by atoms with van der Waals surface area (Å²) in [6, 6.07) is 1.82. The molecule has 2 N–H and O–H groups in total. The lowest BCUT2D eigenvalue weighted by Gasteiger charge is -2.04. The zero-order chi connectivity index (χ0) is 12.4. The molecule has 0 aliphatic heterocycles. The largest absolute Gasteiger partial charge is 0.325 e. The van der Waals surface area contributed by atoms with Crippen molar-refractivity contribution >= 4 is 0 Å². The highest BCUT2D eigenvalue weighted by molar-refractivity contribution is 5.29. The van der Waals surface area contributed by atoms with Gasteiger partial charge in [0.1, 0.15) is 0 Å². The van der Waals surface area contributed by atoms with Crippen LogP contribution in [-0.4, -0.2) is 19.7 Å². The highest BCUT2D eigenvalue weighted by Gasteiger charge is 2.12. The Morgan fingerprint density at radius 2 is 2.12 bits per heavy atom. The zero-order valence-electron chi connectivity index (χ0n) is 10.4. The van der Waals surface area contributed by atoms with Crippen LogP contribution in [-0.2, 0) is 13.0 Å². The molecule has 2 aromatic heterocycles. The molecular weight excluding hydrogens is 214 g/mol. The van der Waals surface area contributed by atoms with Gasteiger partial charge in [0.05, 0.1) is 11.4 Å². The Morgan fingerprint density at radius 1 is 1.35 bits per heavy atom. The molecule has 17 heavy (non-hydrogen) atoms. The van der Waals surface area contributed by atoms with Gasteiger partial charge in [-0.25, -0.2) is 14.6 Å². The third kappa shape index (κ3) is 2.06. The Bertz CT molecular complexity index is 530. The second-order valence-electron chi connectivity index (χ2n) is 3.97. The van der Waals surface area contributed by atoms with Crippen molar-refractivity contribution in [3.05, 3.63) is 34.9 Å². The molecule has 0 aromatic carbocycles. The maximum atomic E-state index is 5.58. The van der Waals surface area contributed by atoms with Crippen LogP contribution in [0.15, 0.2) is 12.3 Å². The van der Waals surface area contributed by atoms with Gasteiger partial charge in [-0.3, -0.25) is 0 Å². The lowest BCUT2D eigenvalue weighted by atomic mass is 10.1. The third-order valence-corrected chi connectivity index (χ3v) is 2.89. The Balaban J connectivity index is 2.52. The summed E-state index contributed by atoms with van der Waals surface area (Å²) in [5, 5.41) is 4.48. The molecule has 0 saturated carbocycles. The Morgan fingerprint density at radius 3 is 2.71 bits per heavy atom. The first-order chi connectivity index (χ1) is 8.17. The van der Waals surface area contributed by atoms with Crippen LogP contribution >= 0.6 is 0 Å². The molecular formula is C12H17N5. The van der Waals surface area contributed by atoms with Crippen molar-refractivity contribution in [2.45, 2.75) is 33.7 Å². The van der Waals surface area contributed by atoms with E-state index in [9.17, 15) is 0 Å². The molecule has 0 unspecified atom stereocenters. The summed E-state index contributed by atoms with van der Waals surface area (Å²) in [6.45, 7) is 6.58. The van der Waals surface area contributed by atoms with E-state index in [2.05, 4.69) is 22.0 Å². The summed E-state index contributed by atoms with van der Waals surface area (Å²) in [5.41, 5.74) is 9.78. The Kier molecular flexibility index (Phi) is 3.19. The SMILES string of the molecule is CCc1c(C)nn(-c2nccc(CN)n2)c1C. The van der Waals surface area contributed by atoms with Crippen molar-refractivity contribution < 1.29 is 0 Å². The smallest absolute Gasteiger partial charge is 0.251 e. The van der Waals surface area contributed by atoms with Gasteiger partial charge >= 0.3 is 0 Å². The monoisotopic (exact) mass is 231 g/mol. The average molecular weight is 231 g/mol. The van der Waals surface area contributed by atoms with E-state index < -0.39 is 0 Å². The Hall–Kier alpha value is -1.75. The number of nitrogens with zero attached hydrogens (tertiary/aromatic N) is 4. The first-order valence-electron chi connectivity index (χ1n) is 5.74. The van der Waals surface area contributed by atoms with Crippen LogP contribution in [0, 0.1) is 13.8 Å².